The van der Waals surface area contributed by atoms with Crippen LogP contribution in [0.25, 0.3) is 5.69 Å². The summed E-state index contributed by atoms with van der Waals surface area (Å²) in [5, 5.41) is 5.86. The lowest BCUT2D eigenvalue weighted by Gasteiger charge is -2.38. The summed E-state index contributed by atoms with van der Waals surface area (Å²) in [6.45, 7) is 8.84. The first-order chi connectivity index (χ1) is 21.2. The maximum Gasteiger partial charge on any atom is 0.416 e. The second-order valence-electron chi connectivity index (χ2n) is 12.0. The minimum absolute atomic E-state index is 0.131. The quantitative estimate of drug-likeness (QED) is 0.433. The molecule has 5 amide bonds. The molecular formula is C29H38F3N7O7. The predicted molar refractivity (Wildman–Crippen MR) is 159 cm³/mol. The molecule has 46 heavy (non-hydrogen) atoms. The van der Waals surface area contributed by atoms with Crippen molar-refractivity contribution in [2.75, 3.05) is 45.7 Å². The molecule has 0 spiro atoms. The van der Waals surface area contributed by atoms with Gasteiger partial charge in [0.2, 0.25) is 11.8 Å². The smallest absolute Gasteiger partial charge is 0.416 e. The van der Waals surface area contributed by atoms with Crippen LogP contribution in [-0.4, -0.2) is 99.8 Å². The highest BCUT2D eigenvalue weighted by molar-refractivity contribution is 5.90. The minimum Gasteiger partial charge on any atom is -0.444 e. The number of piperazine rings is 1. The van der Waals surface area contributed by atoms with Gasteiger partial charge in [0.25, 0.3) is 0 Å². The van der Waals surface area contributed by atoms with E-state index in [1.165, 1.54) is 42.3 Å². The molecule has 14 nitrogen and oxygen atoms in total. The van der Waals surface area contributed by atoms with E-state index in [2.05, 4.69) is 15.6 Å². The van der Waals surface area contributed by atoms with Gasteiger partial charge in [-0.1, -0.05) is 6.07 Å². The van der Waals surface area contributed by atoms with Crippen molar-refractivity contribution in [3.8, 4) is 5.69 Å². The number of hydrogen-bond acceptors (Lipinski definition) is 8. The SMILES string of the molecule is CON(C)C(=O)Cc1ccc(-n2ccc(NC(=O)N3CCN(C(=O)C(C)(C)NC(=O)OC(C)(C)C)CC3)nc2=O)cc1C(F)(F)F. The second-order valence-corrected chi connectivity index (χ2v) is 12.0. The number of carbonyl (C=O) groups excluding carboxylic acids is 4. The third-order valence-corrected chi connectivity index (χ3v) is 6.88. The molecule has 0 unspecified atom stereocenters. The van der Waals surface area contributed by atoms with Crippen LogP contribution in [0.3, 0.4) is 0 Å². The lowest BCUT2D eigenvalue weighted by atomic mass is 10.0. The van der Waals surface area contributed by atoms with E-state index < -0.39 is 53.0 Å². The summed E-state index contributed by atoms with van der Waals surface area (Å²) in [6.07, 6.45) is -4.97. The maximum atomic E-state index is 13.8. The van der Waals surface area contributed by atoms with Gasteiger partial charge in [0.05, 0.1) is 24.8 Å². The van der Waals surface area contributed by atoms with Crippen molar-refractivity contribution in [2.45, 2.75) is 58.4 Å². The fourth-order valence-electron chi connectivity index (χ4n) is 4.49. The summed E-state index contributed by atoms with van der Waals surface area (Å²) in [5.41, 5.74) is -4.52. The number of halogens is 3. The highest BCUT2D eigenvalue weighted by Crippen LogP contribution is 2.34. The fraction of sp³-hybridized carbons (Fsp3) is 0.517. The number of rotatable bonds is 7. The standard InChI is InChI=1S/C29H38F3N7O7/c1-27(2,3)46-26(44)35-28(4,5)23(41)37-12-14-38(15-13-37)24(42)33-21-10-11-39(25(43)34-21)19-9-8-18(16-22(40)36(6)45-7)20(17-19)29(30,31)32/h8-11,17H,12-16H2,1-7H3,(H,35,44)(H,33,34,42,43). The Morgan fingerprint density at radius 2 is 1.59 bits per heavy atom. The number of nitrogens with zero attached hydrogens (tertiary/aromatic N) is 5. The molecule has 3 rings (SSSR count). The molecule has 0 radical (unpaired) electrons. The number of anilines is 1. The van der Waals surface area contributed by atoms with Crippen LogP contribution in [0.2, 0.25) is 0 Å². The molecule has 1 aromatic carbocycles. The topological polar surface area (TPSA) is 155 Å². The molecule has 0 bridgehead atoms. The Balaban J connectivity index is 1.65. The van der Waals surface area contributed by atoms with Crippen LogP contribution in [0, 0.1) is 0 Å². The molecular weight excluding hydrogens is 615 g/mol. The lowest BCUT2D eigenvalue weighted by Crippen LogP contribution is -2.60. The summed E-state index contributed by atoms with van der Waals surface area (Å²) in [5.74, 6) is -1.20. The van der Waals surface area contributed by atoms with Gasteiger partial charge < -0.3 is 19.9 Å². The minimum atomic E-state index is -4.82. The molecule has 1 aliphatic rings. The molecule has 1 aliphatic heterocycles. The molecule has 17 heteroatoms. The molecule has 2 N–H and O–H groups in total. The molecule has 1 fully saturated rings. The highest BCUT2D eigenvalue weighted by atomic mass is 19.4. The van der Waals surface area contributed by atoms with Crippen molar-refractivity contribution in [3.63, 3.8) is 0 Å². The van der Waals surface area contributed by atoms with Gasteiger partial charge in [-0.25, -0.2) is 19.4 Å². The van der Waals surface area contributed by atoms with E-state index in [0.717, 1.165) is 21.8 Å². The van der Waals surface area contributed by atoms with Crippen molar-refractivity contribution in [2.24, 2.45) is 0 Å². The van der Waals surface area contributed by atoms with Crippen molar-refractivity contribution in [1.29, 1.82) is 0 Å². The first kappa shape index (κ1) is 35.8. The van der Waals surface area contributed by atoms with Gasteiger partial charge >= 0.3 is 24.0 Å². The number of alkyl carbamates (subject to hydrolysis) is 1. The Morgan fingerprint density at radius 3 is 2.13 bits per heavy atom. The van der Waals surface area contributed by atoms with Gasteiger partial charge in [-0.05, 0) is 58.4 Å². The number of urea groups is 1. The number of carbonyl (C=O) groups is 4. The number of benzene rings is 1. The van der Waals surface area contributed by atoms with Crippen LogP contribution in [-0.2, 0) is 31.8 Å². The van der Waals surface area contributed by atoms with E-state index in [1.54, 1.807) is 34.6 Å². The van der Waals surface area contributed by atoms with Crippen LogP contribution >= 0.6 is 0 Å². The Bertz CT molecular complexity index is 1530. The molecule has 1 aromatic heterocycles. The molecule has 0 atom stereocenters. The largest absolute Gasteiger partial charge is 0.444 e. The molecule has 0 aliphatic carbocycles. The van der Waals surface area contributed by atoms with E-state index in [1.807, 2.05) is 0 Å². The maximum absolute atomic E-state index is 13.8. The van der Waals surface area contributed by atoms with Crippen molar-refractivity contribution >= 4 is 29.8 Å². The summed E-state index contributed by atoms with van der Waals surface area (Å²) in [7, 11) is 2.48. The molecule has 0 saturated carbocycles. The lowest BCUT2D eigenvalue weighted by molar-refractivity contribution is -0.168. The zero-order chi connectivity index (χ0) is 34.6. The normalized spacial score (nSPS) is 14.0. The molecule has 252 valence electrons. The number of ether oxygens (including phenoxy) is 1. The van der Waals surface area contributed by atoms with Gasteiger partial charge in [-0.2, -0.15) is 18.2 Å². The van der Waals surface area contributed by atoms with Crippen molar-refractivity contribution < 1.29 is 41.9 Å². The van der Waals surface area contributed by atoms with E-state index in [9.17, 15) is 37.1 Å². The van der Waals surface area contributed by atoms with Crippen LogP contribution in [0.5, 0.6) is 0 Å². The first-order valence-corrected chi connectivity index (χ1v) is 14.2. The van der Waals surface area contributed by atoms with E-state index >= 15 is 0 Å². The third kappa shape index (κ3) is 9.18. The van der Waals surface area contributed by atoms with Crippen LogP contribution < -0.4 is 16.3 Å². The van der Waals surface area contributed by atoms with Crippen LogP contribution in [0.1, 0.15) is 45.7 Å². The molecule has 1 saturated heterocycles. The van der Waals surface area contributed by atoms with Crippen LogP contribution in [0.15, 0.2) is 35.3 Å². The number of aromatic nitrogens is 2. The van der Waals surface area contributed by atoms with Gasteiger partial charge in [0, 0.05) is 39.4 Å². The van der Waals surface area contributed by atoms with Crippen LogP contribution in [0.4, 0.5) is 28.6 Å². The summed E-state index contributed by atoms with van der Waals surface area (Å²) in [4.78, 5) is 74.4. The molecule has 2 heterocycles. The van der Waals surface area contributed by atoms with E-state index in [0.29, 0.717) is 0 Å². The number of hydrogen-bond donors (Lipinski definition) is 2. The summed E-state index contributed by atoms with van der Waals surface area (Å²) in [6, 6.07) is 3.74. The zero-order valence-electron chi connectivity index (χ0n) is 26.6. The Kier molecular flexibility index (Phi) is 10.7. The molecule has 2 aromatic rings. The summed E-state index contributed by atoms with van der Waals surface area (Å²) < 4.78 is 47.6. The van der Waals surface area contributed by atoms with Crippen molar-refractivity contribution in [3.05, 3.63) is 52.1 Å². The third-order valence-electron chi connectivity index (χ3n) is 6.88. The number of likely N-dealkylation sites (N-methyl/N-ethyl adjacent to an activating group) is 1. The number of amides is 5. The van der Waals surface area contributed by atoms with Gasteiger partial charge in [0.15, 0.2) is 0 Å². The monoisotopic (exact) mass is 653 g/mol. The number of hydroxylamine groups is 2. The van der Waals surface area contributed by atoms with E-state index in [-0.39, 0.29) is 49.2 Å². The number of nitrogens with one attached hydrogen (secondary N) is 2. The summed E-state index contributed by atoms with van der Waals surface area (Å²) >= 11 is 0. The highest BCUT2D eigenvalue weighted by Gasteiger charge is 2.37. The Hall–Kier alpha value is -4.67. The average molecular weight is 654 g/mol. The zero-order valence-corrected chi connectivity index (χ0v) is 26.6. The van der Waals surface area contributed by atoms with Crippen molar-refractivity contribution in [1.82, 2.24) is 29.7 Å². The Labute approximate surface area is 263 Å². The second kappa shape index (κ2) is 13.8. The average Bonchev–Trinajstić information content (AvgIpc) is 2.94. The van der Waals surface area contributed by atoms with Gasteiger partial charge in [-0.15, -0.1) is 0 Å². The number of alkyl halides is 3. The van der Waals surface area contributed by atoms with E-state index in [4.69, 9.17) is 9.57 Å². The Morgan fingerprint density at radius 1 is 0.978 bits per heavy atom. The fourth-order valence-corrected chi connectivity index (χ4v) is 4.49. The van der Waals surface area contributed by atoms with Gasteiger partial charge in [-0.3, -0.25) is 24.3 Å². The van der Waals surface area contributed by atoms with Gasteiger partial charge in [0.1, 0.15) is 17.0 Å². The first-order valence-electron chi connectivity index (χ1n) is 14.2. The predicted octanol–water partition coefficient (Wildman–Crippen LogP) is 2.79.